The van der Waals surface area contributed by atoms with E-state index in [0.717, 1.165) is 17.7 Å². The third-order valence-electron chi connectivity index (χ3n) is 4.66. The van der Waals surface area contributed by atoms with Crippen LogP contribution in [0.25, 0.3) is 11.3 Å². The van der Waals surface area contributed by atoms with E-state index in [4.69, 9.17) is 4.74 Å². The van der Waals surface area contributed by atoms with E-state index in [1.54, 1.807) is 13.0 Å². The predicted molar refractivity (Wildman–Crippen MR) is 114 cm³/mol. The normalized spacial score (nSPS) is 11.7. The smallest absolute Gasteiger partial charge is 0.267 e. The molecule has 0 aliphatic rings. The van der Waals surface area contributed by atoms with Crippen LogP contribution in [0.3, 0.4) is 0 Å². The van der Waals surface area contributed by atoms with Crippen LogP contribution in [0, 0.1) is 0 Å². The fraction of sp³-hybridized carbons (Fsp3) is 0.261. The second-order valence-electron chi connectivity index (χ2n) is 6.67. The van der Waals surface area contributed by atoms with Gasteiger partial charge in [-0.25, -0.2) is 4.68 Å². The first-order chi connectivity index (χ1) is 14.0. The van der Waals surface area contributed by atoms with Crippen molar-refractivity contribution < 1.29 is 9.53 Å². The Morgan fingerprint density at radius 1 is 1.03 bits per heavy atom. The molecule has 0 saturated carbocycles. The minimum Gasteiger partial charge on any atom is -0.494 e. The number of nitrogens with one attached hydrogen (secondary N) is 1. The van der Waals surface area contributed by atoms with Crippen molar-refractivity contribution in [1.29, 1.82) is 0 Å². The molecule has 1 aromatic heterocycles. The van der Waals surface area contributed by atoms with Gasteiger partial charge >= 0.3 is 0 Å². The molecule has 0 spiro atoms. The van der Waals surface area contributed by atoms with Crippen LogP contribution in [0.1, 0.15) is 32.4 Å². The van der Waals surface area contributed by atoms with E-state index in [9.17, 15) is 9.59 Å². The summed E-state index contributed by atoms with van der Waals surface area (Å²) in [6.45, 7) is 6.25. The zero-order valence-electron chi connectivity index (χ0n) is 16.9. The molecule has 150 valence electrons. The Hall–Kier alpha value is -3.41. The third kappa shape index (κ3) is 4.90. The summed E-state index contributed by atoms with van der Waals surface area (Å²) in [6.07, 6.45) is 0.933. The first kappa shape index (κ1) is 20.3. The van der Waals surface area contributed by atoms with E-state index in [1.165, 1.54) is 16.3 Å². The number of ether oxygens (including phenoxy) is 1. The van der Waals surface area contributed by atoms with Gasteiger partial charge < -0.3 is 10.1 Å². The second kappa shape index (κ2) is 9.19. The zero-order chi connectivity index (χ0) is 20.8. The summed E-state index contributed by atoms with van der Waals surface area (Å²) < 4.78 is 6.66. The van der Waals surface area contributed by atoms with E-state index in [1.807, 2.05) is 55.5 Å². The molecule has 1 unspecified atom stereocenters. The molecule has 2 aromatic carbocycles. The quantitative estimate of drug-likeness (QED) is 0.659. The van der Waals surface area contributed by atoms with E-state index >= 15 is 0 Å². The lowest BCUT2D eigenvalue weighted by molar-refractivity contribution is -0.119. The van der Waals surface area contributed by atoms with Crippen LogP contribution in [0.2, 0.25) is 0 Å². The van der Waals surface area contributed by atoms with Crippen molar-refractivity contribution in [1.82, 2.24) is 9.78 Å². The van der Waals surface area contributed by atoms with Gasteiger partial charge in [-0.1, -0.05) is 19.1 Å². The third-order valence-corrected chi connectivity index (χ3v) is 4.66. The van der Waals surface area contributed by atoms with Gasteiger partial charge in [-0.2, -0.15) is 5.10 Å². The van der Waals surface area contributed by atoms with Gasteiger partial charge in [0.2, 0.25) is 5.91 Å². The predicted octanol–water partition coefficient (Wildman–Crippen LogP) is 4.07. The first-order valence-electron chi connectivity index (χ1n) is 9.74. The Labute approximate surface area is 170 Å². The van der Waals surface area contributed by atoms with Crippen LogP contribution in [-0.4, -0.2) is 22.3 Å². The van der Waals surface area contributed by atoms with Crippen molar-refractivity contribution in [2.45, 2.75) is 33.2 Å². The fourth-order valence-corrected chi connectivity index (χ4v) is 2.93. The lowest BCUT2D eigenvalue weighted by Crippen LogP contribution is -2.33. The molecular weight excluding hydrogens is 366 g/mol. The maximum absolute atomic E-state index is 12.7. The number of aryl methyl sites for hydroxylation is 1. The molecule has 0 radical (unpaired) electrons. The van der Waals surface area contributed by atoms with E-state index < -0.39 is 6.04 Å². The molecule has 0 bridgehead atoms. The zero-order valence-corrected chi connectivity index (χ0v) is 16.9. The summed E-state index contributed by atoms with van der Waals surface area (Å²) in [4.78, 5) is 25.0. The molecule has 1 atom stereocenters. The number of carbonyl (C=O) groups is 1. The Morgan fingerprint density at radius 3 is 2.34 bits per heavy atom. The monoisotopic (exact) mass is 391 g/mol. The summed E-state index contributed by atoms with van der Waals surface area (Å²) in [5.74, 6) is 0.471. The van der Waals surface area contributed by atoms with E-state index in [2.05, 4.69) is 17.3 Å². The van der Waals surface area contributed by atoms with Crippen molar-refractivity contribution >= 4 is 11.6 Å². The molecule has 6 nitrogen and oxygen atoms in total. The molecular formula is C23H25N3O3. The molecule has 3 rings (SSSR count). The van der Waals surface area contributed by atoms with Crippen molar-refractivity contribution in [3.8, 4) is 17.0 Å². The van der Waals surface area contributed by atoms with Gasteiger partial charge in [-0.15, -0.1) is 0 Å². The van der Waals surface area contributed by atoms with Crippen molar-refractivity contribution in [3.05, 3.63) is 76.6 Å². The van der Waals surface area contributed by atoms with Crippen LogP contribution in [0.5, 0.6) is 5.75 Å². The van der Waals surface area contributed by atoms with Gasteiger partial charge in [0.05, 0.1) is 12.3 Å². The Bertz CT molecular complexity index is 1020. The molecule has 0 aliphatic carbocycles. The maximum atomic E-state index is 12.7. The van der Waals surface area contributed by atoms with E-state index in [-0.39, 0.29) is 11.5 Å². The average molecular weight is 391 g/mol. The largest absolute Gasteiger partial charge is 0.494 e. The summed E-state index contributed by atoms with van der Waals surface area (Å²) in [7, 11) is 0. The van der Waals surface area contributed by atoms with Gasteiger partial charge in [0, 0.05) is 17.3 Å². The summed E-state index contributed by atoms with van der Waals surface area (Å²) in [5, 5.41) is 7.25. The lowest BCUT2D eigenvalue weighted by Gasteiger charge is -2.15. The number of benzene rings is 2. The highest BCUT2D eigenvalue weighted by Gasteiger charge is 2.18. The number of carbonyl (C=O) groups excluding carboxylic acids is 1. The number of aromatic nitrogens is 2. The number of hydrogen-bond donors (Lipinski definition) is 1. The van der Waals surface area contributed by atoms with Gasteiger partial charge in [-0.05, 0) is 68.3 Å². The number of anilines is 1. The van der Waals surface area contributed by atoms with Crippen LogP contribution < -0.4 is 15.6 Å². The Morgan fingerprint density at radius 2 is 1.72 bits per heavy atom. The number of hydrogen-bond acceptors (Lipinski definition) is 4. The highest BCUT2D eigenvalue weighted by Crippen LogP contribution is 2.20. The number of amides is 1. The summed E-state index contributed by atoms with van der Waals surface area (Å²) in [5.41, 5.74) is 3.00. The van der Waals surface area contributed by atoms with E-state index in [0.29, 0.717) is 18.0 Å². The van der Waals surface area contributed by atoms with Crippen molar-refractivity contribution in [2.75, 3.05) is 11.9 Å². The highest BCUT2D eigenvalue weighted by atomic mass is 16.5. The molecule has 0 saturated heterocycles. The van der Waals surface area contributed by atoms with Crippen LogP contribution in [0.15, 0.2) is 65.5 Å². The molecule has 29 heavy (non-hydrogen) atoms. The summed E-state index contributed by atoms with van der Waals surface area (Å²) in [6, 6.07) is 17.4. The van der Waals surface area contributed by atoms with Gasteiger partial charge in [0.1, 0.15) is 11.8 Å². The Kier molecular flexibility index (Phi) is 6.44. The standard InChI is InChI=1S/C23H25N3O3/c1-4-17-6-10-19(11-7-17)24-23(28)16(3)26-22(27)15-14-21(25-26)18-8-12-20(13-9-18)29-5-2/h6-16H,4-5H2,1-3H3,(H,24,28). The fourth-order valence-electron chi connectivity index (χ4n) is 2.93. The number of rotatable bonds is 7. The average Bonchev–Trinajstić information content (AvgIpc) is 2.75. The minimum atomic E-state index is -0.754. The van der Waals surface area contributed by atoms with Crippen LogP contribution in [-0.2, 0) is 11.2 Å². The highest BCUT2D eigenvalue weighted by molar-refractivity contribution is 5.93. The minimum absolute atomic E-state index is 0.298. The van der Waals surface area contributed by atoms with Crippen LogP contribution >= 0.6 is 0 Å². The second-order valence-corrected chi connectivity index (χ2v) is 6.67. The SMILES string of the molecule is CCOc1ccc(-c2ccc(=O)n(C(C)C(=O)Nc3ccc(CC)cc3)n2)cc1. The van der Waals surface area contributed by atoms with Gasteiger partial charge in [-0.3, -0.25) is 9.59 Å². The van der Waals surface area contributed by atoms with Gasteiger partial charge in [0.15, 0.2) is 0 Å². The molecule has 1 N–H and O–H groups in total. The summed E-state index contributed by atoms with van der Waals surface area (Å²) >= 11 is 0. The molecule has 1 amide bonds. The van der Waals surface area contributed by atoms with Crippen molar-refractivity contribution in [2.24, 2.45) is 0 Å². The molecule has 6 heteroatoms. The van der Waals surface area contributed by atoms with Crippen LogP contribution in [0.4, 0.5) is 5.69 Å². The molecule has 0 fully saturated rings. The molecule has 0 aliphatic heterocycles. The first-order valence-corrected chi connectivity index (χ1v) is 9.74. The Balaban J connectivity index is 1.80. The molecule has 3 aromatic rings. The van der Waals surface area contributed by atoms with Crippen molar-refractivity contribution in [3.63, 3.8) is 0 Å². The lowest BCUT2D eigenvalue weighted by atomic mass is 10.1. The molecule has 1 heterocycles. The van der Waals surface area contributed by atoms with Gasteiger partial charge in [0.25, 0.3) is 5.56 Å². The number of nitrogens with zero attached hydrogens (tertiary/aromatic N) is 2. The maximum Gasteiger partial charge on any atom is 0.267 e. The topological polar surface area (TPSA) is 73.2 Å².